The highest BCUT2D eigenvalue weighted by Crippen LogP contribution is 2.38. The summed E-state index contributed by atoms with van der Waals surface area (Å²) in [4.78, 5) is 27.6. The third-order valence-electron chi connectivity index (χ3n) is 6.43. The minimum Gasteiger partial charge on any atom is -0.491 e. The number of amides is 2. The van der Waals surface area contributed by atoms with Crippen LogP contribution in [0.3, 0.4) is 0 Å². The first-order valence-corrected chi connectivity index (χ1v) is 10.7. The van der Waals surface area contributed by atoms with E-state index in [1.54, 1.807) is 30.8 Å². The number of rotatable bonds is 4. The van der Waals surface area contributed by atoms with Gasteiger partial charge in [0.1, 0.15) is 18.0 Å². The van der Waals surface area contributed by atoms with E-state index in [0.29, 0.717) is 25.1 Å². The van der Waals surface area contributed by atoms with Crippen LogP contribution in [0.5, 0.6) is 5.75 Å². The third-order valence-corrected chi connectivity index (χ3v) is 6.43. The fraction of sp³-hybridized carbons (Fsp3) is 0.417. The van der Waals surface area contributed by atoms with Gasteiger partial charge in [0.25, 0.3) is 11.8 Å². The summed E-state index contributed by atoms with van der Waals surface area (Å²) in [7, 11) is 1.63. The molecule has 7 nitrogen and oxygen atoms in total. The zero-order valence-corrected chi connectivity index (χ0v) is 17.7. The normalized spacial score (nSPS) is 20.2. The lowest BCUT2D eigenvalue weighted by atomic mass is 9.83. The van der Waals surface area contributed by atoms with Gasteiger partial charge in [0.05, 0.1) is 12.6 Å². The van der Waals surface area contributed by atoms with E-state index >= 15 is 0 Å². The molecule has 1 saturated carbocycles. The number of hydroxylamine groups is 1. The number of methoxy groups -OCH3 is 1. The highest BCUT2D eigenvalue weighted by atomic mass is 16.5. The van der Waals surface area contributed by atoms with Crippen LogP contribution in [0.2, 0.25) is 0 Å². The Balaban J connectivity index is 1.73. The molecule has 2 aromatic carbocycles. The van der Waals surface area contributed by atoms with Crippen molar-refractivity contribution in [3.8, 4) is 5.75 Å². The smallest absolute Gasteiger partial charge is 0.274 e. The van der Waals surface area contributed by atoms with Crippen LogP contribution in [0.15, 0.2) is 48.5 Å². The first-order valence-electron chi connectivity index (χ1n) is 10.7. The van der Waals surface area contributed by atoms with Gasteiger partial charge in [-0.05, 0) is 30.5 Å². The Kier molecular flexibility index (Phi) is 6.25. The molecular formula is C24H28N2O5. The predicted octanol–water partition coefficient (Wildman–Crippen LogP) is 3.62. The van der Waals surface area contributed by atoms with Crippen molar-refractivity contribution in [1.29, 1.82) is 0 Å². The fourth-order valence-corrected chi connectivity index (χ4v) is 4.63. The Bertz CT molecular complexity index is 940. The van der Waals surface area contributed by atoms with Crippen LogP contribution in [0.25, 0.3) is 0 Å². The van der Waals surface area contributed by atoms with Gasteiger partial charge in [-0.25, -0.2) is 5.48 Å². The summed E-state index contributed by atoms with van der Waals surface area (Å²) in [5.74, 6) is -0.0895. The van der Waals surface area contributed by atoms with E-state index in [4.69, 9.17) is 14.7 Å². The topological polar surface area (TPSA) is 88.1 Å². The standard InChI is InChI=1S/C24H28N2O5/c1-30-24(12-6-3-7-13-24)23(28)26-15-19-11-10-18(22(27)25-29)14-21(19)31-16-20(26)17-8-4-2-5-9-17/h2,4-5,8-11,14,20,29H,3,6-7,12-13,15-16H2,1H3,(H,25,27). The van der Waals surface area contributed by atoms with Gasteiger partial charge in [-0.15, -0.1) is 0 Å². The summed E-state index contributed by atoms with van der Waals surface area (Å²) in [5.41, 5.74) is 2.92. The van der Waals surface area contributed by atoms with E-state index in [-0.39, 0.29) is 24.1 Å². The summed E-state index contributed by atoms with van der Waals surface area (Å²) < 4.78 is 11.9. The lowest BCUT2D eigenvalue weighted by Gasteiger charge is -2.41. The number of hydrogen-bond donors (Lipinski definition) is 2. The van der Waals surface area contributed by atoms with Gasteiger partial charge in [0.2, 0.25) is 0 Å². The van der Waals surface area contributed by atoms with Gasteiger partial charge in [-0.3, -0.25) is 14.8 Å². The van der Waals surface area contributed by atoms with E-state index in [0.717, 1.165) is 30.4 Å². The largest absolute Gasteiger partial charge is 0.491 e. The van der Waals surface area contributed by atoms with Gasteiger partial charge in [0.15, 0.2) is 0 Å². The molecule has 2 aliphatic rings. The molecule has 1 atom stereocenters. The number of carbonyl (C=O) groups is 2. The van der Waals surface area contributed by atoms with Crippen LogP contribution in [-0.2, 0) is 16.1 Å². The van der Waals surface area contributed by atoms with Gasteiger partial charge >= 0.3 is 0 Å². The predicted molar refractivity (Wildman–Crippen MR) is 114 cm³/mol. The molecule has 0 bridgehead atoms. The highest BCUT2D eigenvalue weighted by molar-refractivity contribution is 5.94. The Morgan fingerprint density at radius 1 is 1.13 bits per heavy atom. The molecule has 4 rings (SSSR count). The third kappa shape index (κ3) is 4.16. The van der Waals surface area contributed by atoms with Crippen molar-refractivity contribution < 1.29 is 24.3 Å². The second-order valence-corrected chi connectivity index (χ2v) is 8.19. The number of ether oxygens (including phenoxy) is 2. The maximum absolute atomic E-state index is 13.9. The summed E-state index contributed by atoms with van der Waals surface area (Å²) in [6.45, 7) is 0.604. The monoisotopic (exact) mass is 424 g/mol. The Morgan fingerprint density at radius 3 is 2.55 bits per heavy atom. The Labute approximate surface area is 181 Å². The van der Waals surface area contributed by atoms with Crippen LogP contribution in [0, 0.1) is 0 Å². The minimum atomic E-state index is -0.813. The second-order valence-electron chi connectivity index (χ2n) is 8.19. The minimum absolute atomic E-state index is 0.0165. The molecule has 7 heteroatoms. The number of nitrogens with zero attached hydrogens (tertiary/aromatic N) is 1. The average Bonchev–Trinajstić information content (AvgIpc) is 3.03. The number of carbonyl (C=O) groups excluding carboxylic acids is 2. The highest BCUT2D eigenvalue weighted by Gasteiger charge is 2.45. The fourth-order valence-electron chi connectivity index (χ4n) is 4.63. The molecule has 2 amide bonds. The van der Waals surface area contributed by atoms with Crippen LogP contribution in [0.1, 0.15) is 59.6 Å². The van der Waals surface area contributed by atoms with Crippen LogP contribution in [-0.4, -0.2) is 41.2 Å². The van der Waals surface area contributed by atoms with Crippen molar-refractivity contribution in [2.45, 2.75) is 50.3 Å². The van der Waals surface area contributed by atoms with Gasteiger partial charge in [-0.2, -0.15) is 0 Å². The molecule has 0 radical (unpaired) electrons. The van der Waals surface area contributed by atoms with E-state index in [9.17, 15) is 9.59 Å². The van der Waals surface area contributed by atoms with Gasteiger partial charge < -0.3 is 14.4 Å². The first kappa shape index (κ1) is 21.3. The van der Waals surface area contributed by atoms with Gasteiger partial charge in [-0.1, -0.05) is 55.7 Å². The van der Waals surface area contributed by atoms with Crippen molar-refractivity contribution >= 4 is 11.8 Å². The SMILES string of the molecule is COC1(C(=O)N2Cc3ccc(C(=O)NO)cc3OCC2c2ccccc2)CCCCC1. The Morgan fingerprint density at radius 2 is 1.87 bits per heavy atom. The maximum atomic E-state index is 13.9. The first-order chi connectivity index (χ1) is 15.1. The van der Waals surface area contributed by atoms with E-state index in [1.165, 1.54) is 0 Å². The zero-order valence-electron chi connectivity index (χ0n) is 17.7. The zero-order chi connectivity index (χ0) is 21.8. The number of fused-ring (bicyclic) bond motifs is 1. The molecule has 1 aliphatic heterocycles. The molecule has 164 valence electrons. The molecule has 31 heavy (non-hydrogen) atoms. The molecule has 1 unspecified atom stereocenters. The van der Waals surface area contributed by atoms with E-state index in [2.05, 4.69) is 0 Å². The van der Waals surface area contributed by atoms with Crippen molar-refractivity contribution in [2.75, 3.05) is 13.7 Å². The molecule has 1 aliphatic carbocycles. The second kappa shape index (κ2) is 9.08. The van der Waals surface area contributed by atoms with Crippen molar-refractivity contribution in [3.05, 3.63) is 65.2 Å². The lowest BCUT2D eigenvalue weighted by molar-refractivity contribution is -0.163. The van der Waals surface area contributed by atoms with Crippen molar-refractivity contribution in [2.24, 2.45) is 0 Å². The van der Waals surface area contributed by atoms with Crippen molar-refractivity contribution in [1.82, 2.24) is 10.4 Å². The average molecular weight is 424 g/mol. The van der Waals surface area contributed by atoms with Crippen LogP contribution in [0.4, 0.5) is 0 Å². The molecule has 2 aromatic rings. The maximum Gasteiger partial charge on any atom is 0.274 e. The number of benzene rings is 2. The van der Waals surface area contributed by atoms with E-state index < -0.39 is 11.5 Å². The van der Waals surface area contributed by atoms with Crippen LogP contribution < -0.4 is 10.2 Å². The molecule has 2 N–H and O–H groups in total. The summed E-state index contributed by atoms with van der Waals surface area (Å²) in [6, 6.07) is 14.5. The summed E-state index contributed by atoms with van der Waals surface area (Å²) in [6.07, 6.45) is 4.47. The number of hydrogen-bond acceptors (Lipinski definition) is 5. The quantitative estimate of drug-likeness (QED) is 0.578. The molecule has 0 spiro atoms. The van der Waals surface area contributed by atoms with E-state index in [1.807, 2.05) is 35.2 Å². The van der Waals surface area contributed by atoms with Crippen molar-refractivity contribution in [3.63, 3.8) is 0 Å². The summed E-state index contributed by atoms with van der Waals surface area (Å²) in [5, 5.41) is 8.95. The number of nitrogens with one attached hydrogen (secondary N) is 1. The molecule has 1 fully saturated rings. The van der Waals surface area contributed by atoms with Gasteiger partial charge in [0, 0.05) is 18.2 Å². The molecule has 1 heterocycles. The molecular weight excluding hydrogens is 396 g/mol. The molecule has 0 aromatic heterocycles. The lowest BCUT2D eigenvalue weighted by Crippen LogP contribution is -2.52. The Hall–Kier alpha value is -2.90. The molecule has 0 saturated heterocycles. The summed E-state index contributed by atoms with van der Waals surface area (Å²) >= 11 is 0. The van der Waals surface area contributed by atoms with Crippen LogP contribution >= 0.6 is 0 Å².